The van der Waals surface area contributed by atoms with Crippen LogP contribution in [0.3, 0.4) is 0 Å². The van der Waals surface area contributed by atoms with Gasteiger partial charge < -0.3 is 4.90 Å². The fraction of sp³-hybridized carbons (Fsp3) is 0.294. The van der Waals surface area contributed by atoms with Gasteiger partial charge in [0.1, 0.15) is 16.5 Å². The van der Waals surface area contributed by atoms with E-state index in [1.165, 1.54) is 23.6 Å². The number of amides is 1. The third-order valence-corrected chi connectivity index (χ3v) is 4.50. The first-order valence-electron chi connectivity index (χ1n) is 7.35. The lowest BCUT2D eigenvalue weighted by Crippen LogP contribution is -2.35. The summed E-state index contributed by atoms with van der Waals surface area (Å²) >= 11 is 1.19. The summed E-state index contributed by atoms with van der Waals surface area (Å²) in [5.74, 6) is 3.97. The molecule has 1 aromatic carbocycles. The Balaban J connectivity index is 1.75. The van der Waals surface area contributed by atoms with Crippen LogP contribution in [0.25, 0.3) is 0 Å². The predicted molar refractivity (Wildman–Crippen MR) is 84.2 cm³/mol. The van der Waals surface area contributed by atoms with Crippen molar-refractivity contribution < 1.29 is 13.6 Å². The van der Waals surface area contributed by atoms with Crippen molar-refractivity contribution >= 4 is 17.2 Å². The molecule has 1 aliphatic rings. The quantitative estimate of drug-likeness (QED) is 0.750. The Bertz CT molecular complexity index is 785. The van der Waals surface area contributed by atoms with Gasteiger partial charge in [-0.15, -0.1) is 11.3 Å². The topological polar surface area (TPSA) is 33.2 Å². The number of nitrogens with zero attached hydrogens (tertiary/aromatic N) is 2. The molecular weight excluding hydrogens is 318 g/mol. The number of aromatic nitrogens is 1. The maximum atomic E-state index is 13.5. The summed E-state index contributed by atoms with van der Waals surface area (Å²) in [6.45, 7) is 1.55. The summed E-state index contributed by atoms with van der Waals surface area (Å²) < 4.78 is 26.3. The SMILES string of the molecule is O=C(c1cnc(C#Cc2ccc(F)cc2F)s1)N1CCCCC1. The molecule has 118 valence electrons. The summed E-state index contributed by atoms with van der Waals surface area (Å²) in [4.78, 5) is 18.8. The van der Waals surface area contributed by atoms with E-state index in [0.717, 1.165) is 44.5 Å². The van der Waals surface area contributed by atoms with Gasteiger partial charge in [-0.25, -0.2) is 13.8 Å². The third kappa shape index (κ3) is 3.74. The summed E-state index contributed by atoms with van der Waals surface area (Å²) in [7, 11) is 0. The number of carbonyl (C=O) groups is 1. The number of benzene rings is 1. The van der Waals surface area contributed by atoms with Crippen LogP contribution < -0.4 is 0 Å². The summed E-state index contributed by atoms with van der Waals surface area (Å²) in [6, 6.07) is 3.22. The van der Waals surface area contributed by atoms with Crippen molar-refractivity contribution in [3.63, 3.8) is 0 Å². The van der Waals surface area contributed by atoms with Crippen LogP contribution in [0.15, 0.2) is 24.4 Å². The van der Waals surface area contributed by atoms with Gasteiger partial charge >= 0.3 is 0 Å². The minimum atomic E-state index is -0.710. The van der Waals surface area contributed by atoms with E-state index in [2.05, 4.69) is 16.8 Å². The van der Waals surface area contributed by atoms with Crippen LogP contribution in [-0.2, 0) is 0 Å². The molecule has 1 aromatic heterocycles. The second kappa shape index (κ2) is 6.88. The molecule has 1 amide bonds. The second-order valence-corrected chi connectivity index (χ2v) is 6.29. The van der Waals surface area contributed by atoms with Crippen LogP contribution in [0.2, 0.25) is 0 Å². The van der Waals surface area contributed by atoms with E-state index >= 15 is 0 Å². The molecule has 0 aliphatic carbocycles. The molecule has 0 spiro atoms. The first-order chi connectivity index (χ1) is 11.1. The molecule has 0 N–H and O–H groups in total. The number of halogens is 2. The zero-order chi connectivity index (χ0) is 16.2. The highest BCUT2D eigenvalue weighted by Gasteiger charge is 2.20. The molecule has 3 nitrogen and oxygen atoms in total. The molecule has 2 heterocycles. The number of carbonyl (C=O) groups excluding carboxylic acids is 1. The molecule has 0 radical (unpaired) electrons. The van der Waals surface area contributed by atoms with E-state index in [9.17, 15) is 13.6 Å². The van der Waals surface area contributed by atoms with Gasteiger partial charge in [0, 0.05) is 19.2 Å². The fourth-order valence-corrected chi connectivity index (χ4v) is 3.13. The lowest BCUT2D eigenvalue weighted by Gasteiger charge is -2.25. The van der Waals surface area contributed by atoms with Gasteiger partial charge in [0.05, 0.1) is 11.8 Å². The average molecular weight is 332 g/mol. The van der Waals surface area contributed by atoms with Crippen LogP contribution in [0.5, 0.6) is 0 Å². The molecule has 1 saturated heterocycles. The van der Waals surface area contributed by atoms with Gasteiger partial charge in [-0.2, -0.15) is 0 Å². The van der Waals surface area contributed by atoms with Crippen molar-refractivity contribution in [3.05, 3.63) is 51.5 Å². The Morgan fingerprint density at radius 3 is 2.70 bits per heavy atom. The van der Waals surface area contributed by atoms with Crippen LogP contribution in [-0.4, -0.2) is 28.9 Å². The highest BCUT2D eigenvalue weighted by atomic mass is 32.1. The number of rotatable bonds is 1. The minimum absolute atomic E-state index is 0.0248. The molecule has 3 rings (SSSR count). The van der Waals surface area contributed by atoms with E-state index in [-0.39, 0.29) is 11.5 Å². The van der Waals surface area contributed by atoms with Crippen molar-refractivity contribution in [3.8, 4) is 11.8 Å². The van der Waals surface area contributed by atoms with Crippen LogP contribution >= 0.6 is 11.3 Å². The lowest BCUT2D eigenvalue weighted by atomic mass is 10.1. The molecule has 1 aliphatic heterocycles. The van der Waals surface area contributed by atoms with Gasteiger partial charge in [0.25, 0.3) is 5.91 Å². The van der Waals surface area contributed by atoms with Gasteiger partial charge in [-0.1, -0.05) is 5.92 Å². The molecule has 23 heavy (non-hydrogen) atoms. The zero-order valence-electron chi connectivity index (χ0n) is 12.3. The molecule has 2 aromatic rings. The number of hydrogen-bond donors (Lipinski definition) is 0. The fourth-order valence-electron chi connectivity index (χ4n) is 2.40. The predicted octanol–water partition coefficient (Wildman–Crippen LogP) is 3.45. The summed E-state index contributed by atoms with van der Waals surface area (Å²) in [6.07, 6.45) is 4.72. The monoisotopic (exact) mass is 332 g/mol. The van der Waals surface area contributed by atoms with Crippen LogP contribution in [0.1, 0.15) is 39.5 Å². The number of thiazole rings is 1. The van der Waals surface area contributed by atoms with E-state index in [1.54, 1.807) is 0 Å². The van der Waals surface area contributed by atoms with Crippen molar-refractivity contribution in [1.29, 1.82) is 0 Å². The summed E-state index contributed by atoms with van der Waals surface area (Å²) in [5.41, 5.74) is 0.102. The molecule has 0 atom stereocenters. The maximum absolute atomic E-state index is 13.5. The molecular formula is C17H14F2N2OS. The van der Waals surface area contributed by atoms with Crippen molar-refractivity contribution in [1.82, 2.24) is 9.88 Å². The molecule has 6 heteroatoms. The van der Waals surface area contributed by atoms with E-state index in [1.807, 2.05) is 4.90 Å². The molecule has 0 unspecified atom stereocenters. The first-order valence-corrected chi connectivity index (χ1v) is 8.17. The van der Waals surface area contributed by atoms with Crippen LogP contribution in [0, 0.1) is 23.5 Å². The Kier molecular flexibility index (Phi) is 4.68. The highest BCUT2D eigenvalue weighted by Crippen LogP contribution is 2.18. The first kappa shape index (κ1) is 15.6. The van der Waals surface area contributed by atoms with Gasteiger partial charge in [0.2, 0.25) is 0 Å². The normalized spacial score (nSPS) is 14.3. The van der Waals surface area contributed by atoms with E-state index in [0.29, 0.717) is 9.88 Å². The van der Waals surface area contributed by atoms with Gasteiger partial charge in [-0.3, -0.25) is 4.79 Å². The number of hydrogen-bond acceptors (Lipinski definition) is 3. The Hall–Kier alpha value is -2.26. The number of piperidine rings is 1. The second-order valence-electron chi connectivity index (χ2n) is 5.26. The molecule has 0 bridgehead atoms. The third-order valence-electron chi connectivity index (χ3n) is 3.59. The van der Waals surface area contributed by atoms with Crippen molar-refractivity contribution in [2.45, 2.75) is 19.3 Å². The van der Waals surface area contributed by atoms with Crippen LogP contribution in [0.4, 0.5) is 8.78 Å². The lowest BCUT2D eigenvalue weighted by molar-refractivity contribution is 0.0729. The van der Waals surface area contributed by atoms with Gasteiger partial charge in [0.15, 0.2) is 5.01 Å². The van der Waals surface area contributed by atoms with E-state index < -0.39 is 11.6 Å². The van der Waals surface area contributed by atoms with E-state index in [4.69, 9.17) is 0 Å². The zero-order valence-corrected chi connectivity index (χ0v) is 13.1. The summed E-state index contributed by atoms with van der Waals surface area (Å²) in [5, 5.41) is 0.439. The average Bonchev–Trinajstić information content (AvgIpc) is 3.03. The molecule has 0 saturated carbocycles. The largest absolute Gasteiger partial charge is 0.338 e. The minimum Gasteiger partial charge on any atom is -0.338 e. The standard InChI is InChI=1S/C17H14F2N2OS/c18-13-6-4-12(14(19)10-13)5-7-16-20-11-15(23-16)17(22)21-8-2-1-3-9-21/h4,6,10-11H,1-3,8-9H2. The van der Waals surface area contributed by atoms with Gasteiger partial charge in [-0.05, 0) is 37.3 Å². The Morgan fingerprint density at radius 2 is 1.96 bits per heavy atom. The smallest absolute Gasteiger partial charge is 0.265 e. The molecule has 1 fully saturated rings. The van der Waals surface area contributed by atoms with Crippen molar-refractivity contribution in [2.75, 3.05) is 13.1 Å². The Morgan fingerprint density at radius 1 is 1.17 bits per heavy atom. The highest BCUT2D eigenvalue weighted by molar-refractivity contribution is 7.14. The number of likely N-dealkylation sites (tertiary alicyclic amines) is 1. The maximum Gasteiger partial charge on any atom is 0.265 e. The Labute approximate surface area is 137 Å². The van der Waals surface area contributed by atoms with Crippen molar-refractivity contribution in [2.24, 2.45) is 0 Å².